The molecule has 0 fully saturated rings. The molecular formula is C19H20N4O. The first-order chi connectivity index (χ1) is 11.6. The van der Waals surface area contributed by atoms with Crippen LogP contribution in [-0.4, -0.2) is 41.4 Å². The minimum Gasteiger partial charge on any atom is -0.344 e. The van der Waals surface area contributed by atoms with E-state index in [1.165, 1.54) is 0 Å². The Kier molecular flexibility index (Phi) is 4.72. The highest BCUT2D eigenvalue weighted by molar-refractivity contribution is 6.05. The number of carbonyl (C=O) groups excluding carboxylic acids is 1. The summed E-state index contributed by atoms with van der Waals surface area (Å²) in [6.45, 7) is 0.723. The third-order valence-electron chi connectivity index (χ3n) is 3.64. The number of aromatic amines is 1. The number of rotatable bonds is 5. The normalized spacial score (nSPS) is 11.5. The standard InChI is InChI=1S/C19H20N4O/c1-23(2)10-6-9-18(24)22-17-13-21-19-16(17)11-15(12-20-19)14-7-4-3-5-8-14/h3-9,11-13H,10H2,1-2H3,(H,20,21)(H,22,24)/b9-6+. The summed E-state index contributed by atoms with van der Waals surface area (Å²) in [6.07, 6.45) is 6.98. The Morgan fingerprint density at radius 2 is 2.04 bits per heavy atom. The van der Waals surface area contributed by atoms with Gasteiger partial charge < -0.3 is 15.2 Å². The molecule has 0 saturated carbocycles. The average molecular weight is 320 g/mol. The maximum atomic E-state index is 12.0. The molecule has 0 spiro atoms. The Labute approximate surface area is 141 Å². The number of nitrogens with one attached hydrogen (secondary N) is 2. The van der Waals surface area contributed by atoms with E-state index in [0.717, 1.165) is 34.4 Å². The van der Waals surface area contributed by atoms with Gasteiger partial charge >= 0.3 is 0 Å². The van der Waals surface area contributed by atoms with Crippen LogP contribution in [0.4, 0.5) is 5.69 Å². The highest BCUT2D eigenvalue weighted by Crippen LogP contribution is 2.27. The second-order valence-corrected chi connectivity index (χ2v) is 5.84. The zero-order chi connectivity index (χ0) is 16.9. The van der Waals surface area contributed by atoms with E-state index in [4.69, 9.17) is 0 Å². The Morgan fingerprint density at radius 1 is 1.25 bits per heavy atom. The lowest BCUT2D eigenvalue weighted by Crippen LogP contribution is -2.12. The number of hydrogen-bond donors (Lipinski definition) is 2. The smallest absolute Gasteiger partial charge is 0.248 e. The van der Waals surface area contributed by atoms with Crippen molar-refractivity contribution in [3.05, 3.63) is 60.9 Å². The van der Waals surface area contributed by atoms with Gasteiger partial charge in [-0.1, -0.05) is 36.4 Å². The summed E-state index contributed by atoms with van der Waals surface area (Å²) in [5.41, 5.74) is 3.59. The number of likely N-dealkylation sites (N-methyl/N-ethyl adjacent to an activating group) is 1. The van der Waals surface area contributed by atoms with Crippen LogP contribution in [0.15, 0.2) is 60.9 Å². The highest BCUT2D eigenvalue weighted by Gasteiger charge is 2.08. The summed E-state index contributed by atoms with van der Waals surface area (Å²) in [4.78, 5) is 21.6. The summed E-state index contributed by atoms with van der Waals surface area (Å²) in [5.74, 6) is -0.150. The van der Waals surface area contributed by atoms with Gasteiger partial charge in [0.25, 0.3) is 0 Å². The molecule has 122 valence electrons. The molecule has 2 aromatic heterocycles. The molecule has 24 heavy (non-hydrogen) atoms. The molecule has 0 aliphatic heterocycles. The fourth-order valence-electron chi connectivity index (χ4n) is 2.44. The van der Waals surface area contributed by atoms with Crippen molar-refractivity contribution in [1.82, 2.24) is 14.9 Å². The molecule has 5 nitrogen and oxygen atoms in total. The van der Waals surface area contributed by atoms with Gasteiger partial charge in [-0.25, -0.2) is 4.98 Å². The van der Waals surface area contributed by atoms with Crippen molar-refractivity contribution in [2.24, 2.45) is 0 Å². The molecule has 0 saturated heterocycles. The van der Waals surface area contributed by atoms with Gasteiger partial charge in [0.1, 0.15) is 5.65 Å². The maximum Gasteiger partial charge on any atom is 0.248 e. The van der Waals surface area contributed by atoms with E-state index in [1.54, 1.807) is 12.3 Å². The van der Waals surface area contributed by atoms with Crippen LogP contribution in [0.25, 0.3) is 22.2 Å². The van der Waals surface area contributed by atoms with Crippen LogP contribution in [0.1, 0.15) is 0 Å². The second-order valence-electron chi connectivity index (χ2n) is 5.84. The third-order valence-corrected chi connectivity index (χ3v) is 3.64. The second kappa shape index (κ2) is 7.10. The quantitative estimate of drug-likeness (QED) is 0.709. The number of aromatic nitrogens is 2. The number of nitrogens with zero attached hydrogens (tertiary/aromatic N) is 2. The van der Waals surface area contributed by atoms with Crippen molar-refractivity contribution in [3.63, 3.8) is 0 Å². The summed E-state index contributed by atoms with van der Waals surface area (Å²) < 4.78 is 0. The van der Waals surface area contributed by atoms with Gasteiger partial charge in [0.15, 0.2) is 0 Å². The van der Waals surface area contributed by atoms with Crippen LogP contribution in [0.2, 0.25) is 0 Å². The highest BCUT2D eigenvalue weighted by atomic mass is 16.1. The first-order valence-electron chi connectivity index (χ1n) is 7.78. The zero-order valence-electron chi connectivity index (χ0n) is 13.8. The number of benzene rings is 1. The van der Waals surface area contributed by atoms with Gasteiger partial charge in [0, 0.05) is 36.0 Å². The van der Waals surface area contributed by atoms with Crippen LogP contribution in [0.3, 0.4) is 0 Å². The zero-order valence-corrected chi connectivity index (χ0v) is 13.8. The van der Waals surface area contributed by atoms with E-state index in [1.807, 2.05) is 67.7 Å². The van der Waals surface area contributed by atoms with E-state index >= 15 is 0 Å². The van der Waals surface area contributed by atoms with Crippen LogP contribution >= 0.6 is 0 Å². The topological polar surface area (TPSA) is 61.0 Å². The van der Waals surface area contributed by atoms with E-state index in [0.29, 0.717) is 0 Å². The molecule has 5 heteroatoms. The molecule has 0 aliphatic carbocycles. The lowest BCUT2D eigenvalue weighted by atomic mass is 10.1. The van der Waals surface area contributed by atoms with Gasteiger partial charge in [-0.2, -0.15) is 0 Å². The fraction of sp³-hybridized carbons (Fsp3) is 0.158. The molecule has 0 bridgehead atoms. The number of carbonyl (C=O) groups is 1. The van der Waals surface area contributed by atoms with Crippen molar-refractivity contribution in [2.75, 3.05) is 26.0 Å². The lowest BCUT2D eigenvalue weighted by Gasteiger charge is -2.05. The monoisotopic (exact) mass is 320 g/mol. The average Bonchev–Trinajstić information content (AvgIpc) is 2.97. The molecule has 3 rings (SSSR count). The fourth-order valence-corrected chi connectivity index (χ4v) is 2.44. The summed E-state index contributed by atoms with van der Waals surface area (Å²) in [6, 6.07) is 12.1. The van der Waals surface area contributed by atoms with Crippen LogP contribution in [-0.2, 0) is 4.79 Å². The number of amides is 1. The molecule has 0 unspecified atom stereocenters. The van der Waals surface area contributed by atoms with Crippen molar-refractivity contribution < 1.29 is 4.79 Å². The molecule has 0 radical (unpaired) electrons. The lowest BCUT2D eigenvalue weighted by molar-refractivity contribution is -0.111. The molecule has 2 N–H and O–H groups in total. The Hall–Kier alpha value is -2.92. The predicted octanol–water partition coefficient (Wildman–Crippen LogP) is 3.29. The van der Waals surface area contributed by atoms with Gasteiger partial charge in [-0.3, -0.25) is 4.79 Å². The number of pyridine rings is 1. The van der Waals surface area contributed by atoms with Crippen LogP contribution < -0.4 is 5.32 Å². The molecule has 0 atom stereocenters. The van der Waals surface area contributed by atoms with Crippen LogP contribution in [0.5, 0.6) is 0 Å². The minimum absolute atomic E-state index is 0.150. The molecule has 2 heterocycles. The maximum absolute atomic E-state index is 12.0. The molecule has 1 amide bonds. The first kappa shape index (κ1) is 16.0. The number of anilines is 1. The van der Waals surface area contributed by atoms with Gasteiger partial charge in [0.2, 0.25) is 5.91 Å². The molecule has 0 aliphatic rings. The molecule has 3 aromatic rings. The number of H-pyrrole nitrogens is 1. The Morgan fingerprint density at radius 3 is 2.79 bits per heavy atom. The van der Waals surface area contributed by atoms with Gasteiger partial charge in [-0.05, 0) is 25.7 Å². The summed E-state index contributed by atoms with van der Waals surface area (Å²) in [7, 11) is 3.91. The van der Waals surface area contributed by atoms with E-state index < -0.39 is 0 Å². The van der Waals surface area contributed by atoms with E-state index in [2.05, 4.69) is 15.3 Å². The van der Waals surface area contributed by atoms with Crippen molar-refractivity contribution in [3.8, 4) is 11.1 Å². The number of fused-ring (bicyclic) bond motifs is 1. The van der Waals surface area contributed by atoms with E-state index in [9.17, 15) is 4.79 Å². The van der Waals surface area contributed by atoms with Gasteiger partial charge in [-0.15, -0.1) is 0 Å². The Bertz CT molecular complexity index is 865. The number of hydrogen-bond acceptors (Lipinski definition) is 3. The SMILES string of the molecule is CN(C)C/C=C/C(=O)Nc1c[nH]c2ncc(-c3ccccc3)cc12. The van der Waals surface area contributed by atoms with E-state index in [-0.39, 0.29) is 5.91 Å². The predicted molar refractivity (Wildman–Crippen MR) is 97.9 cm³/mol. The molecule has 1 aromatic carbocycles. The van der Waals surface area contributed by atoms with Crippen molar-refractivity contribution in [1.29, 1.82) is 0 Å². The minimum atomic E-state index is -0.150. The van der Waals surface area contributed by atoms with Crippen molar-refractivity contribution in [2.45, 2.75) is 0 Å². The Balaban J connectivity index is 1.84. The summed E-state index contributed by atoms with van der Waals surface area (Å²) in [5, 5.41) is 3.80. The first-order valence-corrected chi connectivity index (χ1v) is 7.78. The van der Waals surface area contributed by atoms with Crippen molar-refractivity contribution >= 4 is 22.6 Å². The third kappa shape index (κ3) is 3.70. The van der Waals surface area contributed by atoms with Crippen LogP contribution in [0, 0.1) is 0 Å². The van der Waals surface area contributed by atoms with Gasteiger partial charge in [0.05, 0.1) is 5.69 Å². The summed E-state index contributed by atoms with van der Waals surface area (Å²) >= 11 is 0. The largest absolute Gasteiger partial charge is 0.344 e. The molecular weight excluding hydrogens is 300 g/mol.